The summed E-state index contributed by atoms with van der Waals surface area (Å²) in [6.07, 6.45) is 0. The van der Waals surface area contributed by atoms with E-state index >= 15 is 0 Å². The quantitative estimate of drug-likeness (QED) is 0.883. The van der Waals surface area contributed by atoms with Gasteiger partial charge in [0.15, 0.2) is 0 Å². The predicted octanol–water partition coefficient (Wildman–Crippen LogP) is 1.88. The third-order valence-corrected chi connectivity index (χ3v) is 4.27. The van der Waals surface area contributed by atoms with Crippen molar-refractivity contribution in [2.75, 3.05) is 34.0 Å². The van der Waals surface area contributed by atoms with Crippen LogP contribution in [0.2, 0.25) is 0 Å². The zero-order chi connectivity index (χ0) is 14.0. The topological polar surface area (TPSA) is 53.7 Å². The summed E-state index contributed by atoms with van der Waals surface area (Å²) in [5.74, 6) is 2.11. The van der Waals surface area contributed by atoms with Crippen LogP contribution in [0.5, 0.6) is 11.5 Å². The Labute approximate surface area is 114 Å². The highest BCUT2D eigenvalue weighted by molar-refractivity contribution is 5.50. The molecule has 1 fully saturated rings. The molecule has 0 bridgehead atoms. The zero-order valence-electron chi connectivity index (χ0n) is 12.2. The Morgan fingerprint density at radius 2 is 1.89 bits per heavy atom. The zero-order valence-corrected chi connectivity index (χ0v) is 12.2. The summed E-state index contributed by atoms with van der Waals surface area (Å²) in [5.41, 5.74) is 8.02. The van der Waals surface area contributed by atoms with Crippen molar-refractivity contribution < 1.29 is 14.2 Å². The molecule has 2 rings (SSSR count). The van der Waals surface area contributed by atoms with Gasteiger partial charge in [0.05, 0.1) is 27.4 Å². The Hall–Kier alpha value is -1.26. The van der Waals surface area contributed by atoms with Crippen molar-refractivity contribution in [3.63, 3.8) is 0 Å². The van der Waals surface area contributed by atoms with Crippen LogP contribution in [0.25, 0.3) is 0 Å². The van der Waals surface area contributed by atoms with Gasteiger partial charge in [-0.05, 0) is 37.1 Å². The third kappa shape index (κ3) is 2.19. The molecule has 0 radical (unpaired) electrons. The lowest BCUT2D eigenvalue weighted by Crippen LogP contribution is -2.53. The number of methoxy groups -OCH3 is 2. The fourth-order valence-corrected chi connectivity index (χ4v) is 2.69. The molecule has 1 aromatic rings. The minimum Gasteiger partial charge on any atom is -0.496 e. The van der Waals surface area contributed by atoms with Crippen LogP contribution in [-0.4, -0.2) is 34.0 Å². The van der Waals surface area contributed by atoms with Crippen molar-refractivity contribution in [1.82, 2.24) is 0 Å². The molecule has 0 spiro atoms. The normalized spacial score (nSPS) is 18.6. The first-order valence-corrected chi connectivity index (χ1v) is 6.60. The maximum atomic E-state index is 5.87. The van der Waals surface area contributed by atoms with Crippen molar-refractivity contribution in [3.05, 3.63) is 23.3 Å². The standard InChI is InChI=1S/C15H23NO3/c1-10-5-14(18-4)12(6-13(10)17-3)15(8-19-9-15)11(2)7-16/h5-6,11H,7-9,16H2,1-4H3. The van der Waals surface area contributed by atoms with Gasteiger partial charge in [-0.1, -0.05) is 6.92 Å². The number of aryl methyl sites for hydroxylation is 1. The molecular formula is C15H23NO3. The first kappa shape index (κ1) is 14.2. The molecule has 106 valence electrons. The summed E-state index contributed by atoms with van der Waals surface area (Å²) in [4.78, 5) is 0. The van der Waals surface area contributed by atoms with Crippen LogP contribution < -0.4 is 15.2 Å². The fraction of sp³-hybridized carbons (Fsp3) is 0.600. The molecule has 1 aliphatic rings. The minimum absolute atomic E-state index is 0.0545. The van der Waals surface area contributed by atoms with E-state index in [1.54, 1.807) is 14.2 Å². The Balaban J connectivity index is 2.53. The summed E-state index contributed by atoms with van der Waals surface area (Å²) in [7, 11) is 3.39. The lowest BCUT2D eigenvalue weighted by Gasteiger charge is -2.46. The molecule has 0 saturated carbocycles. The minimum atomic E-state index is -0.0545. The number of rotatable bonds is 5. The molecule has 1 unspecified atom stereocenters. The molecule has 1 aliphatic heterocycles. The van der Waals surface area contributed by atoms with E-state index in [0.717, 1.165) is 22.6 Å². The summed E-state index contributed by atoms with van der Waals surface area (Å²) >= 11 is 0. The highest BCUT2D eigenvalue weighted by Gasteiger charge is 2.46. The van der Waals surface area contributed by atoms with Crippen molar-refractivity contribution in [2.24, 2.45) is 11.7 Å². The van der Waals surface area contributed by atoms with Crippen LogP contribution in [0.1, 0.15) is 18.1 Å². The van der Waals surface area contributed by atoms with Crippen LogP contribution >= 0.6 is 0 Å². The van der Waals surface area contributed by atoms with Crippen LogP contribution in [0.3, 0.4) is 0 Å². The maximum absolute atomic E-state index is 5.87. The molecule has 4 heteroatoms. The third-order valence-electron chi connectivity index (χ3n) is 4.27. The largest absolute Gasteiger partial charge is 0.496 e. The van der Waals surface area contributed by atoms with E-state index in [1.165, 1.54) is 0 Å². The van der Waals surface area contributed by atoms with E-state index < -0.39 is 0 Å². The first-order chi connectivity index (χ1) is 9.08. The molecule has 2 N–H and O–H groups in total. The summed E-state index contributed by atoms with van der Waals surface area (Å²) < 4.78 is 16.5. The Morgan fingerprint density at radius 3 is 2.32 bits per heavy atom. The lowest BCUT2D eigenvalue weighted by atomic mass is 9.68. The van der Waals surface area contributed by atoms with E-state index in [2.05, 4.69) is 13.0 Å². The van der Waals surface area contributed by atoms with Crippen LogP contribution in [0, 0.1) is 12.8 Å². The van der Waals surface area contributed by atoms with E-state index in [4.69, 9.17) is 19.9 Å². The second-order valence-corrected chi connectivity index (χ2v) is 5.31. The van der Waals surface area contributed by atoms with Gasteiger partial charge in [-0.25, -0.2) is 0 Å². The van der Waals surface area contributed by atoms with Gasteiger partial charge < -0.3 is 19.9 Å². The highest BCUT2D eigenvalue weighted by Crippen LogP contribution is 2.45. The van der Waals surface area contributed by atoms with Crippen molar-refractivity contribution >= 4 is 0 Å². The monoisotopic (exact) mass is 265 g/mol. The number of benzene rings is 1. The maximum Gasteiger partial charge on any atom is 0.123 e. The van der Waals surface area contributed by atoms with Gasteiger partial charge >= 0.3 is 0 Å². The second kappa shape index (κ2) is 5.39. The Kier molecular flexibility index (Phi) is 4.02. The van der Waals surface area contributed by atoms with E-state index in [9.17, 15) is 0 Å². The molecule has 19 heavy (non-hydrogen) atoms. The van der Waals surface area contributed by atoms with Gasteiger partial charge in [0, 0.05) is 11.0 Å². The molecule has 4 nitrogen and oxygen atoms in total. The fourth-order valence-electron chi connectivity index (χ4n) is 2.69. The first-order valence-electron chi connectivity index (χ1n) is 6.60. The Bertz CT molecular complexity index is 455. The summed E-state index contributed by atoms with van der Waals surface area (Å²) in [5, 5.41) is 0. The van der Waals surface area contributed by atoms with Gasteiger partial charge in [0.25, 0.3) is 0 Å². The predicted molar refractivity (Wildman–Crippen MR) is 75.0 cm³/mol. The van der Waals surface area contributed by atoms with Gasteiger partial charge in [0.2, 0.25) is 0 Å². The van der Waals surface area contributed by atoms with Gasteiger partial charge in [-0.15, -0.1) is 0 Å². The second-order valence-electron chi connectivity index (χ2n) is 5.31. The summed E-state index contributed by atoms with van der Waals surface area (Å²) in [6.45, 7) is 6.18. The molecule has 0 aromatic heterocycles. The molecule has 1 atom stereocenters. The molecular weight excluding hydrogens is 242 g/mol. The number of hydrogen-bond donors (Lipinski definition) is 1. The van der Waals surface area contributed by atoms with Crippen molar-refractivity contribution in [3.8, 4) is 11.5 Å². The van der Waals surface area contributed by atoms with Crippen LogP contribution in [-0.2, 0) is 10.2 Å². The molecule has 1 aromatic carbocycles. The lowest BCUT2D eigenvalue weighted by molar-refractivity contribution is -0.0863. The average molecular weight is 265 g/mol. The number of hydrogen-bond acceptors (Lipinski definition) is 4. The van der Waals surface area contributed by atoms with E-state index in [1.807, 2.05) is 13.0 Å². The van der Waals surface area contributed by atoms with Gasteiger partial charge in [0.1, 0.15) is 11.5 Å². The average Bonchev–Trinajstić information content (AvgIpc) is 2.38. The van der Waals surface area contributed by atoms with E-state index in [-0.39, 0.29) is 5.41 Å². The molecule has 0 amide bonds. The Morgan fingerprint density at radius 1 is 1.26 bits per heavy atom. The van der Waals surface area contributed by atoms with Crippen molar-refractivity contribution in [1.29, 1.82) is 0 Å². The van der Waals surface area contributed by atoms with E-state index in [0.29, 0.717) is 25.7 Å². The number of ether oxygens (including phenoxy) is 3. The molecule has 0 aliphatic carbocycles. The van der Waals surface area contributed by atoms with Crippen molar-refractivity contribution in [2.45, 2.75) is 19.3 Å². The highest BCUT2D eigenvalue weighted by atomic mass is 16.5. The number of nitrogens with two attached hydrogens (primary N) is 1. The van der Waals surface area contributed by atoms with Crippen LogP contribution in [0.15, 0.2) is 12.1 Å². The van der Waals surface area contributed by atoms with Crippen LogP contribution in [0.4, 0.5) is 0 Å². The van der Waals surface area contributed by atoms with Gasteiger partial charge in [-0.3, -0.25) is 0 Å². The molecule has 1 saturated heterocycles. The SMILES string of the molecule is COc1cc(C2(C(C)CN)COC2)c(OC)cc1C. The molecule has 1 heterocycles. The smallest absolute Gasteiger partial charge is 0.123 e. The summed E-state index contributed by atoms with van der Waals surface area (Å²) in [6, 6.07) is 4.10. The van der Waals surface area contributed by atoms with Gasteiger partial charge in [-0.2, -0.15) is 0 Å².